The van der Waals surface area contributed by atoms with Gasteiger partial charge in [-0.3, -0.25) is 0 Å². The second-order valence-electron chi connectivity index (χ2n) is 18.4. The lowest BCUT2D eigenvalue weighted by atomic mass is 9.42. The molecule has 0 atom stereocenters. The largest absolute Gasteiger partial charge is 0.129 e. The van der Waals surface area contributed by atoms with Crippen LogP contribution in [-0.2, 0) is 0 Å². The summed E-state index contributed by atoms with van der Waals surface area (Å²) >= 11 is 15.1. The van der Waals surface area contributed by atoms with Gasteiger partial charge < -0.3 is 0 Å². The van der Waals surface area contributed by atoms with E-state index in [-0.39, 0.29) is 10.8 Å². The fourth-order valence-electron chi connectivity index (χ4n) is 12.3. The monoisotopic (exact) mass is 677 g/mol. The van der Waals surface area contributed by atoms with Crippen LogP contribution < -0.4 is 0 Å². The quantitative estimate of drug-likeness (QED) is 0.100. The molecule has 0 amide bonds. The molecule has 0 unspecified atom stereocenters. The number of halogens is 2. The number of alkyl halides is 2. The average Bonchev–Trinajstić information content (AvgIpc) is 3.09. The molecule has 0 heterocycles. The predicted molar refractivity (Wildman–Crippen MR) is 204 cm³/mol. The Morgan fingerprint density at radius 2 is 0.696 bits per heavy atom. The van der Waals surface area contributed by atoms with E-state index in [9.17, 15) is 0 Å². The Labute approximate surface area is 298 Å². The van der Waals surface area contributed by atoms with Crippen molar-refractivity contribution >= 4 is 23.2 Å². The smallest absolute Gasteiger partial charge is 0.100 e. The van der Waals surface area contributed by atoms with Crippen LogP contribution >= 0.6 is 23.2 Å². The van der Waals surface area contributed by atoms with Crippen LogP contribution in [0.4, 0.5) is 0 Å². The highest BCUT2D eigenvalue weighted by molar-refractivity contribution is 6.50. The zero-order valence-corrected chi connectivity index (χ0v) is 32.6. The molecule has 5 aliphatic carbocycles. The van der Waals surface area contributed by atoms with Gasteiger partial charge in [-0.15, -0.1) is 23.2 Å². The standard InChI is InChI=1S/C44H78Cl2/c1-3-5-7-9-11-13-15-17-36-19-23-38(24-20-36)40-27-31-42(32-28-40)35-43(44(42,45)46)33-29-41(30-34-43)39-25-21-37(22-26-39)18-16-14-12-10-8-6-4-2/h36-41H,3-35H2,1-2H3/t36?,37?,38?,39?,40-,41?,42-,43-. The molecule has 0 nitrogen and oxygen atoms in total. The summed E-state index contributed by atoms with van der Waals surface area (Å²) in [4.78, 5) is 0. The van der Waals surface area contributed by atoms with Crippen molar-refractivity contribution in [1.29, 1.82) is 0 Å². The fraction of sp³-hybridized carbons (Fsp3) is 1.00. The first kappa shape index (κ1) is 37.8. The lowest BCUT2D eigenvalue weighted by Crippen LogP contribution is -2.66. The maximum Gasteiger partial charge on any atom is 0.129 e. The van der Waals surface area contributed by atoms with E-state index in [1.54, 1.807) is 0 Å². The van der Waals surface area contributed by atoms with Crippen molar-refractivity contribution in [2.24, 2.45) is 46.3 Å². The Hall–Kier alpha value is 0.580. The van der Waals surface area contributed by atoms with E-state index >= 15 is 0 Å². The Balaban J connectivity index is 0.947. The number of rotatable bonds is 18. The average molecular weight is 678 g/mol. The molecule has 268 valence electrons. The summed E-state index contributed by atoms with van der Waals surface area (Å²) in [5.74, 6) is 5.99. The molecule has 5 rings (SSSR count). The van der Waals surface area contributed by atoms with Crippen LogP contribution in [0.15, 0.2) is 0 Å². The van der Waals surface area contributed by atoms with Crippen molar-refractivity contribution < 1.29 is 0 Å². The summed E-state index contributed by atoms with van der Waals surface area (Å²) in [5, 5.41) is 0. The molecule has 0 bridgehead atoms. The maximum absolute atomic E-state index is 7.54. The molecule has 0 aromatic rings. The summed E-state index contributed by atoms with van der Waals surface area (Å²) in [7, 11) is 0. The van der Waals surface area contributed by atoms with Crippen molar-refractivity contribution in [3.8, 4) is 0 Å². The van der Waals surface area contributed by atoms with Crippen LogP contribution in [0.1, 0.15) is 226 Å². The minimum absolute atomic E-state index is 0.238. The van der Waals surface area contributed by atoms with Crippen molar-refractivity contribution in [3.05, 3.63) is 0 Å². The minimum atomic E-state index is -0.460. The van der Waals surface area contributed by atoms with Gasteiger partial charge in [-0.2, -0.15) is 0 Å². The highest BCUT2D eigenvalue weighted by atomic mass is 35.5. The topological polar surface area (TPSA) is 0 Å². The highest BCUT2D eigenvalue weighted by Gasteiger charge is 2.72. The summed E-state index contributed by atoms with van der Waals surface area (Å²) < 4.78 is -0.460. The first-order valence-corrected chi connectivity index (χ1v) is 22.6. The van der Waals surface area contributed by atoms with Gasteiger partial charge in [0.2, 0.25) is 0 Å². The second kappa shape index (κ2) is 18.7. The van der Waals surface area contributed by atoms with Gasteiger partial charge >= 0.3 is 0 Å². The van der Waals surface area contributed by atoms with Gasteiger partial charge in [0.1, 0.15) is 4.33 Å². The van der Waals surface area contributed by atoms with Gasteiger partial charge in [0.15, 0.2) is 0 Å². The predicted octanol–water partition coefficient (Wildman–Crippen LogP) is 15.8. The molecule has 0 aromatic carbocycles. The molecular weight excluding hydrogens is 599 g/mol. The Morgan fingerprint density at radius 1 is 0.391 bits per heavy atom. The van der Waals surface area contributed by atoms with Gasteiger partial charge in [-0.05, 0) is 119 Å². The molecule has 5 fully saturated rings. The Morgan fingerprint density at radius 3 is 1.02 bits per heavy atom. The Kier molecular flexibility index (Phi) is 15.4. The second-order valence-corrected chi connectivity index (χ2v) is 19.7. The summed E-state index contributed by atoms with van der Waals surface area (Å²) in [6.07, 6.45) is 47.8. The lowest BCUT2D eigenvalue weighted by Gasteiger charge is -2.69. The van der Waals surface area contributed by atoms with Crippen molar-refractivity contribution in [3.63, 3.8) is 0 Å². The molecule has 5 aliphatic rings. The van der Waals surface area contributed by atoms with E-state index in [0.29, 0.717) is 0 Å². The van der Waals surface area contributed by atoms with Gasteiger partial charge in [0.05, 0.1) is 0 Å². The van der Waals surface area contributed by atoms with Crippen molar-refractivity contribution in [2.45, 2.75) is 230 Å². The van der Waals surface area contributed by atoms with Crippen LogP contribution in [0.25, 0.3) is 0 Å². The minimum Gasteiger partial charge on any atom is -0.100 e. The van der Waals surface area contributed by atoms with E-state index < -0.39 is 4.33 Å². The fourth-order valence-corrected chi connectivity index (χ4v) is 13.3. The van der Waals surface area contributed by atoms with Crippen LogP contribution in [0, 0.1) is 46.3 Å². The molecule has 0 aromatic heterocycles. The molecule has 2 spiro atoms. The number of unbranched alkanes of at least 4 members (excludes halogenated alkanes) is 12. The number of hydrogen-bond acceptors (Lipinski definition) is 0. The van der Waals surface area contributed by atoms with Gasteiger partial charge in [0.25, 0.3) is 0 Å². The zero-order chi connectivity index (χ0) is 32.3. The Bertz CT molecular complexity index is 749. The molecule has 0 saturated heterocycles. The molecule has 46 heavy (non-hydrogen) atoms. The van der Waals surface area contributed by atoms with E-state index in [4.69, 9.17) is 23.2 Å². The van der Waals surface area contributed by atoms with E-state index in [2.05, 4.69) is 13.8 Å². The highest BCUT2D eigenvalue weighted by Crippen LogP contribution is 2.77. The summed E-state index contributed by atoms with van der Waals surface area (Å²) in [6, 6.07) is 0. The van der Waals surface area contributed by atoms with Crippen LogP contribution in [0.2, 0.25) is 0 Å². The summed E-state index contributed by atoms with van der Waals surface area (Å²) in [6.45, 7) is 4.64. The van der Waals surface area contributed by atoms with Crippen LogP contribution in [0.5, 0.6) is 0 Å². The van der Waals surface area contributed by atoms with Crippen molar-refractivity contribution in [2.75, 3.05) is 0 Å². The molecule has 0 N–H and O–H groups in total. The number of hydrogen-bond donors (Lipinski definition) is 0. The van der Waals surface area contributed by atoms with Gasteiger partial charge in [0, 0.05) is 10.8 Å². The van der Waals surface area contributed by atoms with Crippen LogP contribution in [-0.4, -0.2) is 4.33 Å². The normalized spacial score (nSPS) is 37.8. The third kappa shape index (κ3) is 9.46. The molecule has 0 aliphatic heterocycles. The lowest BCUT2D eigenvalue weighted by molar-refractivity contribution is -0.122. The SMILES string of the molecule is CCCCCCCCCC1CCC(C2CC[C@]3(CC2)C[C@@]2(CC[C@H](C4CCC(CCCCCCCCC)CC4)CC2)C3(Cl)Cl)CC1. The third-order valence-electron chi connectivity index (χ3n) is 15.5. The van der Waals surface area contributed by atoms with Crippen LogP contribution in [0.3, 0.4) is 0 Å². The van der Waals surface area contributed by atoms with Crippen molar-refractivity contribution in [1.82, 2.24) is 0 Å². The summed E-state index contributed by atoms with van der Waals surface area (Å²) in [5.41, 5.74) is 0.476. The molecule has 5 saturated carbocycles. The van der Waals surface area contributed by atoms with E-state index in [0.717, 1.165) is 35.5 Å². The van der Waals surface area contributed by atoms with Gasteiger partial charge in [-0.1, -0.05) is 142 Å². The van der Waals surface area contributed by atoms with E-state index in [1.807, 2.05) is 0 Å². The first-order valence-electron chi connectivity index (χ1n) is 21.8. The molecule has 2 heteroatoms. The third-order valence-corrected chi connectivity index (χ3v) is 17.1. The van der Waals surface area contributed by atoms with Gasteiger partial charge in [-0.25, -0.2) is 0 Å². The molecule has 0 radical (unpaired) electrons. The van der Waals surface area contributed by atoms with E-state index in [1.165, 1.54) is 212 Å². The zero-order valence-electron chi connectivity index (χ0n) is 31.1. The maximum atomic E-state index is 7.54. The first-order chi connectivity index (χ1) is 22.4. The molecular formula is C44H78Cl2.